The molecule has 3 fully saturated rings. The predicted molar refractivity (Wildman–Crippen MR) is 127 cm³/mol. The lowest BCUT2D eigenvalue weighted by molar-refractivity contribution is 0.0944. The number of halogens is 2. The molecule has 0 bridgehead atoms. The van der Waals surface area contributed by atoms with E-state index in [0.29, 0.717) is 41.2 Å². The van der Waals surface area contributed by atoms with E-state index in [1.165, 1.54) is 19.4 Å². The Balaban J connectivity index is 1.14. The van der Waals surface area contributed by atoms with Gasteiger partial charge in [-0.2, -0.15) is 0 Å². The summed E-state index contributed by atoms with van der Waals surface area (Å²) in [5.74, 6) is 1.60. The van der Waals surface area contributed by atoms with E-state index in [2.05, 4.69) is 9.88 Å². The molecule has 1 saturated carbocycles. The molecule has 6 nitrogen and oxygen atoms in total. The van der Waals surface area contributed by atoms with Gasteiger partial charge in [-0.15, -0.1) is 0 Å². The van der Waals surface area contributed by atoms with Crippen molar-refractivity contribution in [3.05, 3.63) is 52.1 Å². The molecule has 2 amide bonds. The van der Waals surface area contributed by atoms with Crippen molar-refractivity contribution in [2.45, 2.75) is 38.3 Å². The first kappa shape index (κ1) is 21.8. The van der Waals surface area contributed by atoms with Gasteiger partial charge in [-0.3, -0.25) is 4.90 Å². The second-order valence-corrected chi connectivity index (χ2v) is 9.81. The van der Waals surface area contributed by atoms with Gasteiger partial charge >= 0.3 is 6.03 Å². The molecular weight excluding hydrogens is 447 g/mol. The number of pyridine rings is 1. The minimum Gasteiger partial charge on any atom is -0.474 e. The summed E-state index contributed by atoms with van der Waals surface area (Å²) in [6.07, 6.45) is 6.95. The first-order valence-corrected chi connectivity index (χ1v) is 12.2. The van der Waals surface area contributed by atoms with E-state index in [9.17, 15) is 4.79 Å². The van der Waals surface area contributed by atoms with Gasteiger partial charge in [-0.25, -0.2) is 9.78 Å². The summed E-state index contributed by atoms with van der Waals surface area (Å²) >= 11 is 12.6. The summed E-state index contributed by atoms with van der Waals surface area (Å²) < 4.78 is 6.12. The molecule has 170 valence electrons. The lowest BCUT2D eigenvalue weighted by Gasteiger charge is -2.31. The fourth-order valence-electron chi connectivity index (χ4n) is 4.52. The number of piperidine rings is 1. The molecule has 0 unspecified atom stereocenters. The summed E-state index contributed by atoms with van der Waals surface area (Å²) in [7, 11) is 0. The van der Waals surface area contributed by atoms with Gasteiger partial charge in [0.2, 0.25) is 5.88 Å². The van der Waals surface area contributed by atoms with Crippen molar-refractivity contribution in [2.75, 3.05) is 37.6 Å². The second-order valence-electron chi connectivity index (χ2n) is 8.99. The van der Waals surface area contributed by atoms with Crippen LogP contribution in [0.2, 0.25) is 10.0 Å². The average molecular weight is 475 g/mol. The zero-order valence-electron chi connectivity index (χ0n) is 18.1. The topological polar surface area (TPSA) is 48.9 Å². The van der Waals surface area contributed by atoms with Crippen LogP contribution in [0.3, 0.4) is 0 Å². The molecule has 2 aliphatic heterocycles. The SMILES string of the molecule is O=C1N(Cc2ccc(OC3CCN(CC4CC4)CC3)nc2)CCN1c1c(Cl)cccc1Cl. The number of nitrogens with zero attached hydrogens (tertiary/aromatic N) is 4. The van der Waals surface area contributed by atoms with E-state index in [4.69, 9.17) is 27.9 Å². The predicted octanol–water partition coefficient (Wildman–Crippen LogP) is 5.08. The summed E-state index contributed by atoms with van der Waals surface area (Å²) in [6.45, 7) is 5.14. The number of urea groups is 1. The quantitative estimate of drug-likeness (QED) is 0.560. The van der Waals surface area contributed by atoms with E-state index in [1.807, 2.05) is 12.1 Å². The molecule has 2 aromatic rings. The Morgan fingerprint density at radius 3 is 2.38 bits per heavy atom. The fraction of sp³-hybridized carbons (Fsp3) is 0.500. The molecule has 1 aliphatic carbocycles. The third-order valence-corrected chi connectivity index (χ3v) is 7.12. The van der Waals surface area contributed by atoms with Gasteiger partial charge in [0.25, 0.3) is 0 Å². The average Bonchev–Trinajstić information content (AvgIpc) is 3.54. The highest BCUT2D eigenvalue weighted by Crippen LogP contribution is 2.36. The van der Waals surface area contributed by atoms with Crippen LogP contribution in [0.25, 0.3) is 0 Å². The zero-order chi connectivity index (χ0) is 22.1. The number of amides is 2. The number of aromatic nitrogens is 1. The molecule has 3 aliphatic rings. The molecule has 2 saturated heterocycles. The third-order valence-electron chi connectivity index (χ3n) is 6.51. The first-order valence-electron chi connectivity index (χ1n) is 11.4. The van der Waals surface area contributed by atoms with Gasteiger partial charge in [0.15, 0.2) is 0 Å². The van der Waals surface area contributed by atoms with E-state index in [-0.39, 0.29) is 12.1 Å². The highest BCUT2D eigenvalue weighted by Gasteiger charge is 2.32. The van der Waals surface area contributed by atoms with Crippen LogP contribution < -0.4 is 9.64 Å². The Hall–Kier alpha value is -2.02. The van der Waals surface area contributed by atoms with Gasteiger partial charge in [0.05, 0.1) is 15.7 Å². The van der Waals surface area contributed by atoms with Crippen molar-refractivity contribution in [1.29, 1.82) is 0 Å². The van der Waals surface area contributed by atoms with Gasteiger partial charge in [0, 0.05) is 51.5 Å². The Labute approximate surface area is 199 Å². The molecule has 32 heavy (non-hydrogen) atoms. The van der Waals surface area contributed by atoms with E-state index >= 15 is 0 Å². The molecule has 1 aromatic heterocycles. The summed E-state index contributed by atoms with van der Waals surface area (Å²) in [5, 5.41) is 0.962. The lowest BCUT2D eigenvalue weighted by atomic mass is 10.1. The van der Waals surface area contributed by atoms with Crippen LogP contribution >= 0.6 is 23.2 Å². The van der Waals surface area contributed by atoms with Crippen molar-refractivity contribution in [3.63, 3.8) is 0 Å². The summed E-state index contributed by atoms with van der Waals surface area (Å²) in [4.78, 5) is 23.4. The van der Waals surface area contributed by atoms with Crippen LogP contribution in [0.4, 0.5) is 10.5 Å². The number of hydrogen-bond acceptors (Lipinski definition) is 4. The lowest BCUT2D eigenvalue weighted by Crippen LogP contribution is -2.39. The van der Waals surface area contributed by atoms with Crippen molar-refractivity contribution >= 4 is 34.9 Å². The van der Waals surface area contributed by atoms with Crippen LogP contribution in [0, 0.1) is 5.92 Å². The van der Waals surface area contributed by atoms with Crippen LogP contribution in [-0.2, 0) is 6.54 Å². The number of carbonyl (C=O) groups is 1. The Kier molecular flexibility index (Phi) is 6.44. The summed E-state index contributed by atoms with van der Waals surface area (Å²) in [5.41, 5.74) is 1.55. The van der Waals surface area contributed by atoms with Gasteiger partial charge in [-0.1, -0.05) is 35.3 Å². The monoisotopic (exact) mass is 474 g/mol. The van der Waals surface area contributed by atoms with E-state index in [0.717, 1.165) is 37.4 Å². The van der Waals surface area contributed by atoms with Gasteiger partial charge < -0.3 is 14.5 Å². The van der Waals surface area contributed by atoms with Crippen molar-refractivity contribution in [2.24, 2.45) is 5.92 Å². The molecule has 1 aromatic carbocycles. The molecule has 8 heteroatoms. The molecule has 0 radical (unpaired) electrons. The smallest absolute Gasteiger partial charge is 0.325 e. The molecule has 5 rings (SSSR count). The Bertz CT molecular complexity index is 939. The second kappa shape index (κ2) is 9.46. The number of carbonyl (C=O) groups excluding carboxylic acids is 1. The largest absolute Gasteiger partial charge is 0.474 e. The standard InChI is InChI=1S/C24H28Cl2N4O2/c25-20-2-1-3-21(26)23(20)30-13-12-29(24(30)31)16-18-6-7-22(27-14-18)32-19-8-10-28(11-9-19)15-17-4-5-17/h1-3,6-7,14,17,19H,4-5,8-13,15-16H2. The maximum absolute atomic E-state index is 12.9. The van der Waals surface area contributed by atoms with Gasteiger partial charge in [0.1, 0.15) is 6.10 Å². The minimum absolute atomic E-state index is 0.0988. The number of anilines is 1. The third kappa shape index (κ3) is 4.98. The number of hydrogen-bond donors (Lipinski definition) is 0. The van der Waals surface area contributed by atoms with Crippen molar-refractivity contribution < 1.29 is 9.53 Å². The van der Waals surface area contributed by atoms with Crippen molar-refractivity contribution in [3.8, 4) is 5.88 Å². The Morgan fingerprint density at radius 2 is 1.72 bits per heavy atom. The van der Waals surface area contributed by atoms with Crippen LogP contribution in [0.1, 0.15) is 31.2 Å². The number of likely N-dealkylation sites (tertiary alicyclic amines) is 1. The highest BCUT2D eigenvalue weighted by molar-refractivity contribution is 6.39. The molecular formula is C24H28Cl2N4O2. The van der Waals surface area contributed by atoms with Crippen LogP contribution in [0.15, 0.2) is 36.5 Å². The van der Waals surface area contributed by atoms with E-state index in [1.54, 1.807) is 34.2 Å². The van der Waals surface area contributed by atoms with Gasteiger partial charge in [-0.05, 0) is 49.3 Å². The Morgan fingerprint density at radius 1 is 0.969 bits per heavy atom. The maximum atomic E-state index is 12.9. The van der Waals surface area contributed by atoms with Crippen molar-refractivity contribution in [1.82, 2.24) is 14.8 Å². The number of para-hydroxylation sites is 1. The zero-order valence-corrected chi connectivity index (χ0v) is 19.6. The van der Waals surface area contributed by atoms with Crippen LogP contribution in [0.5, 0.6) is 5.88 Å². The summed E-state index contributed by atoms with van der Waals surface area (Å²) in [6, 6.07) is 9.08. The molecule has 0 N–H and O–H groups in total. The fourth-order valence-corrected chi connectivity index (χ4v) is 5.13. The number of rotatable bonds is 7. The molecule has 0 atom stereocenters. The molecule has 3 heterocycles. The first-order chi connectivity index (χ1) is 15.6. The van der Waals surface area contributed by atoms with Crippen LogP contribution in [-0.4, -0.2) is 59.6 Å². The van der Waals surface area contributed by atoms with E-state index < -0.39 is 0 Å². The number of ether oxygens (including phenoxy) is 1. The molecule has 0 spiro atoms. The number of benzene rings is 1. The maximum Gasteiger partial charge on any atom is 0.325 e. The normalized spacial score (nSPS) is 20.2. The highest BCUT2D eigenvalue weighted by atomic mass is 35.5. The minimum atomic E-state index is -0.0988.